The maximum atomic E-state index is 11.8. The molecule has 1 atom stereocenters. The van der Waals surface area contributed by atoms with E-state index in [1.807, 2.05) is 20.9 Å². The van der Waals surface area contributed by atoms with Crippen LogP contribution in [0.3, 0.4) is 0 Å². The highest BCUT2D eigenvalue weighted by molar-refractivity contribution is 5.80. The van der Waals surface area contributed by atoms with E-state index in [1.165, 1.54) is 0 Å². The minimum atomic E-state index is -0.655. The molecule has 0 aliphatic carbocycles. The van der Waals surface area contributed by atoms with Gasteiger partial charge in [0.25, 0.3) is 0 Å². The minimum absolute atomic E-state index is 0.207. The molecule has 0 fully saturated rings. The summed E-state index contributed by atoms with van der Waals surface area (Å²) in [5, 5.41) is 3.04. The van der Waals surface area contributed by atoms with Crippen molar-refractivity contribution in [2.75, 3.05) is 47.5 Å². The number of nitrogens with zero attached hydrogens (tertiary/aromatic N) is 1. The van der Waals surface area contributed by atoms with Gasteiger partial charge in [0.2, 0.25) is 0 Å². The van der Waals surface area contributed by atoms with Gasteiger partial charge in [0, 0.05) is 26.8 Å². The van der Waals surface area contributed by atoms with Gasteiger partial charge < -0.3 is 19.7 Å². The molecule has 1 N–H and O–H groups in total. The molecular formula is C12H26N2O3. The Labute approximate surface area is 104 Å². The Hall–Kier alpha value is -0.650. The van der Waals surface area contributed by atoms with Crippen LogP contribution in [0.2, 0.25) is 0 Å². The van der Waals surface area contributed by atoms with Crippen LogP contribution < -0.4 is 5.32 Å². The van der Waals surface area contributed by atoms with Crippen molar-refractivity contribution in [2.45, 2.75) is 25.8 Å². The number of carbonyl (C=O) groups excluding carboxylic acids is 1. The lowest BCUT2D eigenvalue weighted by atomic mass is 10.0. The van der Waals surface area contributed by atoms with Crippen molar-refractivity contribution in [2.24, 2.45) is 0 Å². The van der Waals surface area contributed by atoms with E-state index in [1.54, 1.807) is 14.2 Å². The molecule has 0 rings (SSSR count). The van der Waals surface area contributed by atoms with Crippen LogP contribution in [0, 0.1) is 0 Å². The van der Waals surface area contributed by atoms with Gasteiger partial charge in [-0.1, -0.05) is 0 Å². The van der Waals surface area contributed by atoms with Gasteiger partial charge in [-0.05, 0) is 34.4 Å². The summed E-state index contributed by atoms with van der Waals surface area (Å²) in [6.07, 6.45) is 0.954. The number of hydrogen-bond donors (Lipinski definition) is 1. The Morgan fingerprint density at radius 3 is 2.59 bits per heavy atom. The molecular weight excluding hydrogens is 220 g/mol. The predicted molar refractivity (Wildman–Crippen MR) is 68.1 cm³/mol. The first-order chi connectivity index (χ1) is 8.00. The third-order valence-electron chi connectivity index (χ3n) is 2.75. The van der Waals surface area contributed by atoms with E-state index in [-0.39, 0.29) is 5.97 Å². The van der Waals surface area contributed by atoms with Crippen LogP contribution in [0.25, 0.3) is 0 Å². The molecule has 0 aromatic carbocycles. The number of carbonyl (C=O) groups is 1. The number of esters is 1. The molecule has 0 spiro atoms. The van der Waals surface area contributed by atoms with E-state index in [2.05, 4.69) is 10.2 Å². The summed E-state index contributed by atoms with van der Waals surface area (Å²) in [6, 6.07) is 0. The summed E-state index contributed by atoms with van der Waals surface area (Å²) in [4.78, 5) is 13.9. The van der Waals surface area contributed by atoms with Crippen LogP contribution in [0.5, 0.6) is 0 Å². The molecule has 0 heterocycles. The molecule has 0 radical (unpaired) electrons. The fourth-order valence-corrected chi connectivity index (χ4v) is 1.63. The number of likely N-dealkylation sites (N-methyl/N-ethyl adjacent to an activating group) is 2. The topological polar surface area (TPSA) is 50.8 Å². The van der Waals surface area contributed by atoms with E-state index in [9.17, 15) is 4.79 Å². The normalized spacial score (nSPS) is 14.7. The Morgan fingerprint density at radius 1 is 1.47 bits per heavy atom. The van der Waals surface area contributed by atoms with Gasteiger partial charge in [0.1, 0.15) is 5.54 Å². The number of ether oxygens (including phenoxy) is 2. The molecule has 0 aromatic rings. The van der Waals surface area contributed by atoms with Crippen molar-refractivity contribution in [3.05, 3.63) is 0 Å². The van der Waals surface area contributed by atoms with E-state index >= 15 is 0 Å². The summed E-state index contributed by atoms with van der Waals surface area (Å²) >= 11 is 0. The molecule has 102 valence electrons. The second-order valence-electron chi connectivity index (χ2n) is 4.39. The lowest BCUT2D eigenvalue weighted by Crippen LogP contribution is -2.55. The van der Waals surface area contributed by atoms with Crippen molar-refractivity contribution in [1.82, 2.24) is 10.2 Å². The van der Waals surface area contributed by atoms with E-state index in [0.29, 0.717) is 13.2 Å². The van der Waals surface area contributed by atoms with Gasteiger partial charge in [0.05, 0.1) is 6.61 Å². The average molecular weight is 246 g/mol. The number of rotatable bonds is 9. The molecule has 0 saturated heterocycles. The SMILES string of the molecule is CCOC(=O)C(C)(CN(C)CCCOC)NC. The molecule has 17 heavy (non-hydrogen) atoms. The largest absolute Gasteiger partial charge is 0.465 e. The van der Waals surface area contributed by atoms with Crippen LogP contribution in [-0.4, -0.2) is 63.9 Å². The quantitative estimate of drug-likeness (QED) is 0.474. The molecule has 0 saturated carbocycles. The number of hydrogen-bond acceptors (Lipinski definition) is 5. The molecule has 0 amide bonds. The fourth-order valence-electron chi connectivity index (χ4n) is 1.63. The van der Waals surface area contributed by atoms with Gasteiger partial charge in [-0.2, -0.15) is 0 Å². The van der Waals surface area contributed by atoms with Crippen LogP contribution in [-0.2, 0) is 14.3 Å². The lowest BCUT2D eigenvalue weighted by molar-refractivity contribution is -0.151. The van der Waals surface area contributed by atoms with Crippen LogP contribution >= 0.6 is 0 Å². The molecule has 0 bridgehead atoms. The van der Waals surface area contributed by atoms with Crippen LogP contribution in [0.15, 0.2) is 0 Å². The second-order valence-corrected chi connectivity index (χ2v) is 4.39. The van der Waals surface area contributed by atoms with Gasteiger partial charge in [-0.3, -0.25) is 4.79 Å². The van der Waals surface area contributed by atoms with Gasteiger partial charge in [0.15, 0.2) is 0 Å². The Kier molecular flexibility index (Phi) is 8.12. The molecule has 0 aliphatic heterocycles. The summed E-state index contributed by atoms with van der Waals surface area (Å²) in [5.41, 5.74) is -0.655. The highest BCUT2D eigenvalue weighted by atomic mass is 16.5. The predicted octanol–water partition coefficient (Wildman–Crippen LogP) is 0.496. The fraction of sp³-hybridized carbons (Fsp3) is 0.917. The zero-order valence-corrected chi connectivity index (χ0v) is 11.7. The third kappa shape index (κ3) is 6.00. The maximum absolute atomic E-state index is 11.8. The monoisotopic (exact) mass is 246 g/mol. The Bertz CT molecular complexity index is 224. The summed E-state index contributed by atoms with van der Waals surface area (Å²) in [6.45, 7) is 6.33. The Morgan fingerprint density at radius 2 is 2.12 bits per heavy atom. The summed E-state index contributed by atoms with van der Waals surface area (Å²) in [5.74, 6) is -0.207. The zero-order chi connectivity index (χ0) is 13.3. The molecule has 0 aliphatic rings. The first-order valence-electron chi connectivity index (χ1n) is 6.03. The van der Waals surface area contributed by atoms with Crippen molar-refractivity contribution < 1.29 is 14.3 Å². The first-order valence-corrected chi connectivity index (χ1v) is 6.03. The Balaban J connectivity index is 4.21. The van der Waals surface area contributed by atoms with Gasteiger partial charge in [-0.15, -0.1) is 0 Å². The lowest BCUT2D eigenvalue weighted by Gasteiger charge is -2.31. The standard InChI is InChI=1S/C12H26N2O3/c1-6-17-11(15)12(2,13-3)10-14(4)8-7-9-16-5/h13H,6-10H2,1-5H3. The first kappa shape index (κ1) is 16.4. The second kappa shape index (κ2) is 8.44. The summed E-state index contributed by atoms with van der Waals surface area (Å²) < 4.78 is 10.1. The van der Waals surface area contributed by atoms with E-state index < -0.39 is 5.54 Å². The number of nitrogens with one attached hydrogen (secondary N) is 1. The van der Waals surface area contributed by atoms with Crippen LogP contribution in [0.1, 0.15) is 20.3 Å². The van der Waals surface area contributed by atoms with Crippen LogP contribution in [0.4, 0.5) is 0 Å². The van der Waals surface area contributed by atoms with Crippen molar-refractivity contribution in [3.8, 4) is 0 Å². The van der Waals surface area contributed by atoms with Crippen molar-refractivity contribution in [1.29, 1.82) is 0 Å². The number of methoxy groups -OCH3 is 1. The smallest absolute Gasteiger partial charge is 0.327 e. The molecule has 1 unspecified atom stereocenters. The maximum Gasteiger partial charge on any atom is 0.327 e. The van der Waals surface area contributed by atoms with Gasteiger partial charge >= 0.3 is 5.97 Å². The van der Waals surface area contributed by atoms with E-state index in [0.717, 1.165) is 19.6 Å². The highest BCUT2D eigenvalue weighted by Crippen LogP contribution is 2.08. The zero-order valence-electron chi connectivity index (χ0n) is 11.7. The summed E-state index contributed by atoms with van der Waals surface area (Å²) in [7, 11) is 5.46. The third-order valence-corrected chi connectivity index (χ3v) is 2.75. The minimum Gasteiger partial charge on any atom is -0.465 e. The molecule has 5 heteroatoms. The molecule has 5 nitrogen and oxygen atoms in total. The highest BCUT2D eigenvalue weighted by Gasteiger charge is 2.33. The van der Waals surface area contributed by atoms with Crippen molar-refractivity contribution in [3.63, 3.8) is 0 Å². The van der Waals surface area contributed by atoms with E-state index in [4.69, 9.17) is 9.47 Å². The average Bonchev–Trinajstić information content (AvgIpc) is 2.29. The van der Waals surface area contributed by atoms with Gasteiger partial charge in [-0.25, -0.2) is 0 Å². The molecule has 0 aromatic heterocycles. The van der Waals surface area contributed by atoms with Crippen molar-refractivity contribution >= 4 is 5.97 Å².